The summed E-state index contributed by atoms with van der Waals surface area (Å²) >= 11 is 0. The first kappa shape index (κ1) is 20.4. The van der Waals surface area contributed by atoms with E-state index in [1.165, 1.54) is 11.0 Å². The molecule has 156 valence electrons. The molecular formula is C25H29N3O2. The minimum atomic E-state index is -0.226. The first-order valence-corrected chi connectivity index (χ1v) is 10.7. The monoisotopic (exact) mass is 403 g/mol. The molecule has 0 radical (unpaired) electrons. The van der Waals surface area contributed by atoms with Crippen LogP contribution in [0.5, 0.6) is 5.88 Å². The van der Waals surface area contributed by atoms with Gasteiger partial charge in [-0.05, 0) is 69.1 Å². The Kier molecular flexibility index (Phi) is 5.73. The van der Waals surface area contributed by atoms with E-state index in [1.54, 1.807) is 6.21 Å². The second kappa shape index (κ2) is 8.44. The van der Waals surface area contributed by atoms with E-state index >= 15 is 0 Å². The summed E-state index contributed by atoms with van der Waals surface area (Å²) in [4.78, 5) is 20.4. The summed E-state index contributed by atoms with van der Waals surface area (Å²) in [6.07, 6.45) is 4.10. The van der Waals surface area contributed by atoms with Crippen molar-refractivity contribution in [1.82, 2.24) is 9.47 Å². The molecular weight excluding hydrogens is 374 g/mol. The van der Waals surface area contributed by atoms with Gasteiger partial charge in [-0.25, -0.2) is 4.57 Å². The van der Waals surface area contributed by atoms with E-state index in [0.29, 0.717) is 29.2 Å². The number of aliphatic imine (C=N–C) groups is 1. The van der Waals surface area contributed by atoms with Crippen LogP contribution in [0, 0.1) is 13.8 Å². The molecule has 5 heteroatoms. The number of aromatic hydroxyl groups is 1. The molecule has 0 unspecified atom stereocenters. The Labute approximate surface area is 177 Å². The molecule has 1 aliphatic rings. The second-order valence-corrected chi connectivity index (χ2v) is 8.11. The number of aryl methyl sites for hydroxylation is 2. The number of hydrogen-bond acceptors (Lipinski definition) is 4. The summed E-state index contributed by atoms with van der Waals surface area (Å²) in [6.45, 7) is 9.08. The van der Waals surface area contributed by atoms with Crippen LogP contribution in [0.2, 0.25) is 0 Å². The fraction of sp³-hybridized carbons (Fsp3) is 0.360. The predicted octanol–water partition coefficient (Wildman–Crippen LogP) is 4.22. The number of fused-ring (bicyclic) bond motifs is 1. The topological polar surface area (TPSA) is 57.8 Å². The van der Waals surface area contributed by atoms with Crippen molar-refractivity contribution in [2.45, 2.75) is 39.7 Å². The van der Waals surface area contributed by atoms with Crippen molar-refractivity contribution in [2.24, 2.45) is 4.99 Å². The summed E-state index contributed by atoms with van der Waals surface area (Å²) in [6, 6.07) is 13.6. The average molecular weight is 404 g/mol. The predicted molar refractivity (Wildman–Crippen MR) is 123 cm³/mol. The van der Waals surface area contributed by atoms with Gasteiger partial charge in [0.1, 0.15) is 0 Å². The molecule has 1 saturated heterocycles. The van der Waals surface area contributed by atoms with Gasteiger partial charge in [0.05, 0.1) is 17.8 Å². The fourth-order valence-corrected chi connectivity index (χ4v) is 4.38. The Morgan fingerprint density at radius 2 is 1.90 bits per heavy atom. The number of likely N-dealkylation sites (N-methyl/N-ethyl adjacent to an activating group) is 1. The minimum absolute atomic E-state index is 0.0653. The SMILES string of the molecule is CCN1CCC[C@@H]1CN=Cc1c(O)n(-c2ccc(C)c(C)c2)c(=O)c2ccccc12. The van der Waals surface area contributed by atoms with E-state index in [-0.39, 0.29) is 11.4 Å². The van der Waals surface area contributed by atoms with Crippen molar-refractivity contribution >= 4 is 17.0 Å². The van der Waals surface area contributed by atoms with Gasteiger partial charge in [0.2, 0.25) is 5.88 Å². The van der Waals surface area contributed by atoms with Crippen LogP contribution in [-0.2, 0) is 0 Å². The van der Waals surface area contributed by atoms with Gasteiger partial charge in [-0.2, -0.15) is 0 Å². The second-order valence-electron chi connectivity index (χ2n) is 8.11. The third kappa shape index (κ3) is 3.65. The van der Waals surface area contributed by atoms with E-state index < -0.39 is 0 Å². The van der Waals surface area contributed by atoms with Crippen LogP contribution < -0.4 is 5.56 Å². The number of hydrogen-bond donors (Lipinski definition) is 1. The van der Waals surface area contributed by atoms with E-state index in [0.717, 1.165) is 36.0 Å². The van der Waals surface area contributed by atoms with Crippen molar-refractivity contribution in [2.75, 3.05) is 19.6 Å². The molecule has 0 aliphatic carbocycles. The molecule has 4 rings (SSSR count). The van der Waals surface area contributed by atoms with Crippen molar-refractivity contribution in [3.63, 3.8) is 0 Å². The van der Waals surface area contributed by atoms with Gasteiger partial charge >= 0.3 is 0 Å². The molecule has 5 nitrogen and oxygen atoms in total. The molecule has 0 spiro atoms. The Morgan fingerprint density at radius 3 is 2.63 bits per heavy atom. The highest BCUT2D eigenvalue weighted by atomic mass is 16.3. The number of benzene rings is 2. The molecule has 2 aromatic carbocycles. The largest absolute Gasteiger partial charge is 0.494 e. The summed E-state index contributed by atoms with van der Waals surface area (Å²) in [5.41, 5.74) is 3.24. The third-order valence-corrected chi connectivity index (χ3v) is 6.29. The molecule has 30 heavy (non-hydrogen) atoms. The van der Waals surface area contributed by atoms with Gasteiger partial charge in [-0.3, -0.25) is 14.7 Å². The molecule has 1 aliphatic heterocycles. The summed E-state index contributed by atoms with van der Waals surface area (Å²) in [5.74, 6) is -0.0653. The molecule has 1 aromatic heterocycles. The van der Waals surface area contributed by atoms with Crippen molar-refractivity contribution in [1.29, 1.82) is 0 Å². The quantitative estimate of drug-likeness (QED) is 0.649. The highest BCUT2D eigenvalue weighted by molar-refractivity contribution is 6.01. The minimum Gasteiger partial charge on any atom is -0.494 e. The van der Waals surface area contributed by atoms with Gasteiger partial charge in [-0.1, -0.05) is 31.2 Å². The maximum absolute atomic E-state index is 13.2. The number of aromatic nitrogens is 1. The zero-order chi connectivity index (χ0) is 21.3. The third-order valence-electron chi connectivity index (χ3n) is 6.29. The Hall–Kier alpha value is -2.92. The summed E-state index contributed by atoms with van der Waals surface area (Å²) < 4.78 is 1.39. The van der Waals surface area contributed by atoms with Crippen molar-refractivity contribution < 1.29 is 5.11 Å². The van der Waals surface area contributed by atoms with Crippen LogP contribution in [0.1, 0.15) is 36.5 Å². The Morgan fingerprint density at radius 1 is 1.13 bits per heavy atom. The number of nitrogens with zero attached hydrogens (tertiary/aromatic N) is 3. The molecule has 1 atom stereocenters. The number of likely N-dealkylation sites (tertiary alicyclic amines) is 1. The van der Waals surface area contributed by atoms with E-state index in [1.807, 2.05) is 56.3 Å². The molecule has 1 fully saturated rings. The molecule has 1 N–H and O–H groups in total. The first-order chi connectivity index (χ1) is 14.5. The molecule has 2 heterocycles. The van der Waals surface area contributed by atoms with Crippen molar-refractivity contribution in [3.05, 3.63) is 69.5 Å². The summed E-state index contributed by atoms with van der Waals surface area (Å²) in [7, 11) is 0. The zero-order valence-corrected chi connectivity index (χ0v) is 17.9. The van der Waals surface area contributed by atoms with E-state index in [2.05, 4.69) is 16.8 Å². The molecule has 3 aromatic rings. The lowest BCUT2D eigenvalue weighted by Gasteiger charge is -2.20. The smallest absolute Gasteiger partial charge is 0.265 e. The maximum Gasteiger partial charge on any atom is 0.265 e. The average Bonchev–Trinajstić information content (AvgIpc) is 3.20. The van der Waals surface area contributed by atoms with Gasteiger partial charge in [0, 0.05) is 23.0 Å². The Bertz CT molecular complexity index is 1160. The summed E-state index contributed by atoms with van der Waals surface area (Å²) in [5, 5.41) is 12.4. The number of pyridine rings is 1. The van der Waals surface area contributed by atoms with Gasteiger partial charge in [-0.15, -0.1) is 0 Å². The lowest BCUT2D eigenvalue weighted by Crippen LogP contribution is -2.31. The van der Waals surface area contributed by atoms with Crippen LogP contribution in [0.15, 0.2) is 52.3 Å². The zero-order valence-electron chi connectivity index (χ0n) is 17.9. The highest BCUT2D eigenvalue weighted by Gasteiger charge is 2.22. The van der Waals surface area contributed by atoms with Crippen LogP contribution in [0.4, 0.5) is 0 Å². The number of rotatable bonds is 5. The highest BCUT2D eigenvalue weighted by Crippen LogP contribution is 2.27. The van der Waals surface area contributed by atoms with Gasteiger partial charge in [0.25, 0.3) is 5.56 Å². The first-order valence-electron chi connectivity index (χ1n) is 10.7. The van der Waals surface area contributed by atoms with Crippen LogP contribution in [0.3, 0.4) is 0 Å². The van der Waals surface area contributed by atoms with Crippen molar-refractivity contribution in [3.8, 4) is 11.6 Å². The lowest BCUT2D eigenvalue weighted by molar-refractivity contribution is 0.273. The fourth-order valence-electron chi connectivity index (χ4n) is 4.38. The maximum atomic E-state index is 13.2. The van der Waals surface area contributed by atoms with Crippen LogP contribution in [-0.4, -0.2) is 46.5 Å². The lowest BCUT2D eigenvalue weighted by atomic mass is 10.1. The van der Waals surface area contributed by atoms with E-state index in [4.69, 9.17) is 0 Å². The molecule has 0 saturated carbocycles. The van der Waals surface area contributed by atoms with Crippen LogP contribution in [0.25, 0.3) is 16.5 Å². The standard InChI is InChI=1S/C25H29N3O2/c1-4-27-13-7-8-20(27)15-26-16-23-21-9-5-6-10-22(21)24(29)28(25(23)30)19-12-11-17(2)18(3)14-19/h5-6,9-12,14,16,20,30H,4,7-8,13,15H2,1-3H3/t20-/m1/s1. The van der Waals surface area contributed by atoms with Gasteiger partial charge in [0.15, 0.2) is 0 Å². The molecule has 0 bridgehead atoms. The van der Waals surface area contributed by atoms with Crippen LogP contribution >= 0.6 is 0 Å². The van der Waals surface area contributed by atoms with Gasteiger partial charge < -0.3 is 5.11 Å². The van der Waals surface area contributed by atoms with E-state index in [9.17, 15) is 9.90 Å². The normalized spacial score (nSPS) is 17.4. The Balaban J connectivity index is 1.81. The molecule has 0 amide bonds.